The Morgan fingerprint density at radius 2 is 2.25 bits per heavy atom. The summed E-state index contributed by atoms with van der Waals surface area (Å²) in [6, 6.07) is 2.19. The smallest absolute Gasteiger partial charge is 0.350 e. The van der Waals surface area contributed by atoms with E-state index < -0.39 is 5.97 Å². The number of nitrogens with zero attached hydrogens (tertiary/aromatic N) is 2. The molecule has 0 N–H and O–H groups in total. The van der Waals surface area contributed by atoms with Crippen molar-refractivity contribution in [3.8, 4) is 10.6 Å². The molecule has 3 heterocycles. The third-order valence-corrected chi connectivity index (χ3v) is 6.07. The summed E-state index contributed by atoms with van der Waals surface area (Å²) in [5, 5.41) is 4.77. The van der Waals surface area contributed by atoms with E-state index in [4.69, 9.17) is 4.74 Å². The Morgan fingerprint density at radius 3 is 2.96 bits per heavy atom. The van der Waals surface area contributed by atoms with Crippen molar-refractivity contribution in [2.45, 2.75) is 39.2 Å². The molecule has 1 aliphatic rings. The maximum absolute atomic E-state index is 12.3. The minimum absolute atomic E-state index is 0.115. The van der Waals surface area contributed by atoms with Crippen molar-refractivity contribution in [2.75, 3.05) is 13.2 Å². The molecule has 0 bridgehead atoms. The molecule has 5 nitrogen and oxygen atoms in total. The maximum Gasteiger partial charge on any atom is 0.350 e. The fourth-order valence-electron chi connectivity index (χ4n) is 2.84. The van der Waals surface area contributed by atoms with Crippen LogP contribution in [0.1, 0.15) is 41.6 Å². The SMILES string of the molecule is Cc1nc(-c2ccsc2)sc1C(=O)OCC(=O)N1CCCCC1C. The lowest BCUT2D eigenvalue weighted by molar-refractivity contribution is -0.137. The number of likely N-dealkylation sites (tertiary alicyclic amines) is 1. The van der Waals surface area contributed by atoms with Crippen LogP contribution in [0.25, 0.3) is 10.6 Å². The number of aromatic nitrogens is 1. The lowest BCUT2D eigenvalue weighted by Crippen LogP contribution is -2.44. The molecule has 0 saturated carbocycles. The number of esters is 1. The van der Waals surface area contributed by atoms with E-state index in [1.807, 2.05) is 28.7 Å². The summed E-state index contributed by atoms with van der Waals surface area (Å²) in [4.78, 5) is 31.3. The molecule has 1 saturated heterocycles. The summed E-state index contributed by atoms with van der Waals surface area (Å²) in [5.74, 6) is -0.583. The summed E-state index contributed by atoms with van der Waals surface area (Å²) < 4.78 is 5.25. The van der Waals surface area contributed by atoms with Crippen LogP contribution in [0.5, 0.6) is 0 Å². The van der Waals surface area contributed by atoms with Crippen LogP contribution in [0.3, 0.4) is 0 Å². The number of ether oxygens (including phenoxy) is 1. The molecule has 0 spiro atoms. The molecular weight excluding hydrogens is 344 g/mol. The highest BCUT2D eigenvalue weighted by Crippen LogP contribution is 2.29. The molecular formula is C17H20N2O3S2. The second kappa shape index (κ2) is 7.44. The van der Waals surface area contributed by atoms with E-state index in [0.717, 1.165) is 36.4 Å². The molecule has 3 rings (SSSR count). The van der Waals surface area contributed by atoms with E-state index in [1.54, 1.807) is 18.3 Å². The number of rotatable bonds is 4. The molecule has 1 aliphatic heterocycles. The third-order valence-electron chi connectivity index (χ3n) is 4.20. The summed E-state index contributed by atoms with van der Waals surface area (Å²) in [6.07, 6.45) is 3.18. The summed E-state index contributed by atoms with van der Waals surface area (Å²) in [7, 11) is 0. The van der Waals surface area contributed by atoms with Gasteiger partial charge in [-0.05, 0) is 44.6 Å². The van der Waals surface area contributed by atoms with E-state index in [9.17, 15) is 9.59 Å². The predicted octanol–water partition coefficient (Wildman–Crippen LogP) is 3.74. The topological polar surface area (TPSA) is 59.5 Å². The van der Waals surface area contributed by atoms with Crippen LogP contribution < -0.4 is 0 Å². The van der Waals surface area contributed by atoms with Gasteiger partial charge in [-0.1, -0.05) is 0 Å². The van der Waals surface area contributed by atoms with Crippen LogP contribution in [0.2, 0.25) is 0 Å². The van der Waals surface area contributed by atoms with Gasteiger partial charge in [0, 0.05) is 23.5 Å². The Balaban J connectivity index is 1.62. The number of thiazole rings is 1. The van der Waals surface area contributed by atoms with Crippen molar-refractivity contribution in [1.29, 1.82) is 0 Å². The van der Waals surface area contributed by atoms with Crippen molar-refractivity contribution >= 4 is 34.6 Å². The number of hydrogen-bond donors (Lipinski definition) is 0. The average Bonchev–Trinajstić information content (AvgIpc) is 3.22. The summed E-state index contributed by atoms with van der Waals surface area (Å²) in [6.45, 7) is 4.38. The van der Waals surface area contributed by atoms with Crippen LogP contribution in [-0.4, -0.2) is 41.0 Å². The molecule has 1 atom stereocenters. The molecule has 1 fully saturated rings. The third kappa shape index (κ3) is 3.67. The van der Waals surface area contributed by atoms with E-state index in [1.165, 1.54) is 11.3 Å². The van der Waals surface area contributed by atoms with Gasteiger partial charge in [0.2, 0.25) is 0 Å². The van der Waals surface area contributed by atoms with Gasteiger partial charge in [0.25, 0.3) is 5.91 Å². The average molecular weight is 364 g/mol. The quantitative estimate of drug-likeness (QED) is 0.776. The first kappa shape index (κ1) is 17.1. The Morgan fingerprint density at radius 1 is 1.42 bits per heavy atom. The number of aryl methyl sites for hydroxylation is 1. The van der Waals surface area contributed by atoms with Gasteiger partial charge in [0.15, 0.2) is 6.61 Å². The van der Waals surface area contributed by atoms with Gasteiger partial charge in [-0.15, -0.1) is 11.3 Å². The first-order valence-electron chi connectivity index (χ1n) is 8.03. The predicted molar refractivity (Wildman–Crippen MR) is 95.5 cm³/mol. The standard InChI is InChI=1S/C17H20N2O3S2/c1-11-5-3-4-7-19(11)14(20)9-22-17(21)15-12(2)18-16(24-15)13-6-8-23-10-13/h6,8,10-11H,3-5,7,9H2,1-2H3. The number of amides is 1. The zero-order valence-corrected chi connectivity index (χ0v) is 15.4. The molecule has 7 heteroatoms. The van der Waals surface area contributed by atoms with Crippen LogP contribution in [0.15, 0.2) is 16.8 Å². The highest BCUT2D eigenvalue weighted by Gasteiger charge is 2.25. The first-order chi connectivity index (χ1) is 11.6. The first-order valence-corrected chi connectivity index (χ1v) is 9.79. The normalized spacial score (nSPS) is 17.8. The zero-order valence-electron chi connectivity index (χ0n) is 13.8. The van der Waals surface area contributed by atoms with Crippen molar-refractivity contribution in [3.05, 3.63) is 27.4 Å². The zero-order chi connectivity index (χ0) is 17.1. The Hall–Kier alpha value is -1.73. The number of carbonyl (C=O) groups excluding carboxylic acids is 2. The van der Waals surface area contributed by atoms with Crippen molar-refractivity contribution in [3.63, 3.8) is 0 Å². The molecule has 128 valence electrons. The van der Waals surface area contributed by atoms with Crippen LogP contribution in [0.4, 0.5) is 0 Å². The second-order valence-electron chi connectivity index (χ2n) is 5.95. The molecule has 0 aliphatic carbocycles. The number of carbonyl (C=O) groups is 2. The largest absolute Gasteiger partial charge is 0.451 e. The lowest BCUT2D eigenvalue weighted by Gasteiger charge is -2.33. The second-order valence-corrected chi connectivity index (χ2v) is 7.73. The fourth-order valence-corrected chi connectivity index (χ4v) is 4.51. The van der Waals surface area contributed by atoms with Gasteiger partial charge in [-0.25, -0.2) is 9.78 Å². The van der Waals surface area contributed by atoms with E-state index in [-0.39, 0.29) is 18.6 Å². The lowest BCUT2D eigenvalue weighted by atomic mass is 10.0. The number of thiophene rings is 1. The molecule has 24 heavy (non-hydrogen) atoms. The van der Waals surface area contributed by atoms with Crippen LogP contribution >= 0.6 is 22.7 Å². The van der Waals surface area contributed by atoms with E-state index in [2.05, 4.69) is 4.98 Å². The fraction of sp³-hybridized carbons (Fsp3) is 0.471. The van der Waals surface area contributed by atoms with Crippen molar-refractivity contribution in [1.82, 2.24) is 9.88 Å². The van der Waals surface area contributed by atoms with Gasteiger partial charge in [0.05, 0.1) is 5.69 Å². The highest BCUT2D eigenvalue weighted by atomic mass is 32.1. The molecule has 0 radical (unpaired) electrons. The highest BCUT2D eigenvalue weighted by molar-refractivity contribution is 7.17. The molecule has 1 amide bonds. The van der Waals surface area contributed by atoms with Gasteiger partial charge < -0.3 is 9.64 Å². The number of hydrogen-bond acceptors (Lipinski definition) is 6. The maximum atomic E-state index is 12.3. The summed E-state index contributed by atoms with van der Waals surface area (Å²) in [5.41, 5.74) is 1.65. The molecule has 0 aromatic carbocycles. The van der Waals surface area contributed by atoms with Crippen molar-refractivity contribution in [2.24, 2.45) is 0 Å². The molecule has 2 aromatic rings. The van der Waals surface area contributed by atoms with Gasteiger partial charge >= 0.3 is 5.97 Å². The minimum Gasteiger partial charge on any atom is -0.451 e. The van der Waals surface area contributed by atoms with Gasteiger partial charge in [0.1, 0.15) is 9.88 Å². The van der Waals surface area contributed by atoms with Crippen molar-refractivity contribution < 1.29 is 14.3 Å². The van der Waals surface area contributed by atoms with Gasteiger partial charge in [-0.2, -0.15) is 11.3 Å². The Bertz CT molecular complexity index is 724. The monoisotopic (exact) mass is 364 g/mol. The Labute approximate surface area is 149 Å². The van der Waals surface area contributed by atoms with E-state index in [0.29, 0.717) is 10.6 Å². The molecule has 1 unspecified atom stereocenters. The Kier molecular flexibility index (Phi) is 5.30. The van der Waals surface area contributed by atoms with Crippen LogP contribution in [-0.2, 0) is 9.53 Å². The van der Waals surface area contributed by atoms with E-state index >= 15 is 0 Å². The number of piperidine rings is 1. The van der Waals surface area contributed by atoms with Crippen LogP contribution in [0, 0.1) is 6.92 Å². The minimum atomic E-state index is -0.468. The molecule has 2 aromatic heterocycles. The summed E-state index contributed by atoms with van der Waals surface area (Å²) >= 11 is 2.90. The van der Waals surface area contributed by atoms with Gasteiger partial charge in [-0.3, -0.25) is 4.79 Å².